The third-order valence-electron chi connectivity index (χ3n) is 6.74. The molecule has 190 valence electrons. The summed E-state index contributed by atoms with van der Waals surface area (Å²) < 4.78 is 34.7. The van der Waals surface area contributed by atoms with E-state index in [1.165, 1.54) is 45.9 Å². The van der Waals surface area contributed by atoms with Crippen LogP contribution in [0.15, 0.2) is 77.0 Å². The number of aromatic nitrogens is 1. The zero-order valence-corrected chi connectivity index (χ0v) is 23.1. The van der Waals surface area contributed by atoms with Gasteiger partial charge < -0.3 is 4.74 Å². The van der Waals surface area contributed by atoms with Gasteiger partial charge in [-0.1, -0.05) is 29.8 Å². The molecule has 3 aromatic heterocycles. The van der Waals surface area contributed by atoms with E-state index in [-0.39, 0.29) is 22.7 Å². The number of benzene rings is 2. The summed E-state index contributed by atoms with van der Waals surface area (Å²) in [5.41, 5.74) is 2.37. The highest BCUT2D eigenvalue weighted by Crippen LogP contribution is 2.53. The van der Waals surface area contributed by atoms with E-state index in [4.69, 9.17) is 16.3 Å². The minimum Gasteiger partial charge on any atom is -0.469 e. The molecule has 3 heterocycles. The number of rotatable bonds is 6. The van der Waals surface area contributed by atoms with Crippen LogP contribution in [0.25, 0.3) is 32.6 Å². The first kappa shape index (κ1) is 24.9. The summed E-state index contributed by atoms with van der Waals surface area (Å²) in [5, 5.41) is 12.8. The molecule has 1 aliphatic carbocycles. The van der Waals surface area contributed by atoms with E-state index in [2.05, 4.69) is 6.07 Å². The molecule has 2 unspecified atom stereocenters. The van der Waals surface area contributed by atoms with Gasteiger partial charge in [-0.2, -0.15) is 5.26 Å². The number of hydrogen-bond acceptors (Lipinski definition) is 7. The summed E-state index contributed by atoms with van der Waals surface area (Å²) in [5.74, 6) is -0.370. The number of carbonyl (C=O) groups excluding carboxylic acids is 1. The predicted molar refractivity (Wildman–Crippen MR) is 150 cm³/mol. The number of halogens is 1. The number of para-hydroxylation sites is 1. The van der Waals surface area contributed by atoms with Crippen LogP contribution in [-0.2, 0) is 19.6 Å². The fourth-order valence-corrected chi connectivity index (χ4v) is 8.50. The topological polar surface area (TPSA) is 89.2 Å². The van der Waals surface area contributed by atoms with Gasteiger partial charge in [0.25, 0.3) is 10.0 Å². The van der Waals surface area contributed by atoms with Crippen LogP contribution in [0.2, 0.25) is 5.02 Å². The number of ether oxygens (including phenoxy) is 1. The van der Waals surface area contributed by atoms with Crippen LogP contribution < -0.4 is 0 Å². The Balaban J connectivity index is 1.64. The number of thiophene rings is 2. The molecular formula is C28H19ClN2O4S3. The number of methoxy groups -OCH3 is 1. The lowest BCUT2D eigenvalue weighted by molar-refractivity contribution is -0.142. The summed E-state index contributed by atoms with van der Waals surface area (Å²) in [6, 6.07) is 21.4. The Labute approximate surface area is 232 Å². The van der Waals surface area contributed by atoms with Crippen molar-refractivity contribution in [3.63, 3.8) is 0 Å². The highest BCUT2D eigenvalue weighted by atomic mass is 35.5. The number of nitriles is 1. The number of esters is 1. The molecule has 6 rings (SSSR count). The Morgan fingerprint density at radius 3 is 2.61 bits per heavy atom. The molecule has 0 radical (unpaired) electrons. The fraction of sp³-hybridized carbons (Fsp3) is 0.143. The molecule has 0 bridgehead atoms. The minimum atomic E-state index is -4.06. The van der Waals surface area contributed by atoms with E-state index in [1.54, 1.807) is 24.3 Å². The average molecular weight is 579 g/mol. The highest BCUT2D eigenvalue weighted by molar-refractivity contribution is 7.90. The summed E-state index contributed by atoms with van der Waals surface area (Å²) >= 11 is 8.83. The van der Waals surface area contributed by atoms with Crippen molar-refractivity contribution < 1.29 is 17.9 Å². The number of hydrogen-bond donors (Lipinski definition) is 0. The second kappa shape index (κ2) is 9.40. The van der Waals surface area contributed by atoms with Crippen LogP contribution in [0, 0.1) is 17.2 Å². The van der Waals surface area contributed by atoms with Crippen molar-refractivity contribution in [2.75, 3.05) is 7.11 Å². The molecule has 0 N–H and O–H groups in total. The molecule has 0 saturated heterocycles. The molecule has 2 aromatic carbocycles. The molecule has 6 nitrogen and oxygen atoms in total. The third-order valence-corrected chi connectivity index (χ3v) is 10.8. The third kappa shape index (κ3) is 3.96. The Morgan fingerprint density at radius 1 is 1.11 bits per heavy atom. The van der Waals surface area contributed by atoms with Gasteiger partial charge in [-0.15, -0.1) is 22.7 Å². The van der Waals surface area contributed by atoms with E-state index >= 15 is 0 Å². The van der Waals surface area contributed by atoms with E-state index in [9.17, 15) is 18.5 Å². The zero-order valence-electron chi connectivity index (χ0n) is 19.9. The van der Waals surface area contributed by atoms with Crippen molar-refractivity contribution in [1.82, 2.24) is 3.97 Å². The van der Waals surface area contributed by atoms with Crippen LogP contribution in [0.5, 0.6) is 0 Å². The van der Waals surface area contributed by atoms with Crippen LogP contribution in [-0.4, -0.2) is 25.5 Å². The van der Waals surface area contributed by atoms with Crippen molar-refractivity contribution in [2.45, 2.75) is 17.2 Å². The van der Waals surface area contributed by atoms with Crippen LogP contribution >= 0.6 is 34.3 Å². The van der Waals surface area contributed by atoms with E-state index in [0.717, 1.165) is 15.1 Å². The summed E-state index contributed by atoms with van der Waals surface area (Å²) in [6.07, 6.45) is 0.703. The standard InChI is InChI=1S/C28H19ClN2O4S3/c1-35-28(32)21-14-20(21)23-10-11-24(37-23)27-26(19-12-13-36-25(19)15-30)18-4-2-3-5-22(18)31(27)38(33,34)17-8-6-16(29)7-9-17/h2-13,20-21H,14H2,1H3. The zero-order chi connectivity index (χ0) is 26.6. The van der Waals surface area contributed by atoms with Gasteiger partial charge in [-0.05, 0) is 60.3 Å². The van der Waals surface area contributed by atoms with Gasteiger partial charge in [0.2, 0.25) is 0 Å². The molecular weight excluding hydrogens is 560 g/mol. The quantitative estimate of drug-likeness (QED) is 0.200. The molecule has 1 aliphatic rings. The van der Waals surface area contributed by atoms with Crippen molar-refractivity contribution in [3.8, 4) is 27.8 Å². The molecule has 0 aliphatic heterocycles. The lowest BCUT2D eigenvalue weighted by Gasteiger charge is -2.13. The number of fused-ring (bicyclic) bond motifs is 1. The van der Waals surface area contributed by atoms with Gasteiger partial charge in [-0.3, -0.25) is 4.79 Å². The largest absolute Gasteiger partial charge is 0.469 e. The van der Waals surface area contributed by atoms with E-state index in [0.29, 0.717) is 38.7 Å². The Morgan fingerprint density at radius 2 is 1.87 bits per heavy atom. The maximum Gasteiger partial charge on any atom is 0.309 e. The predicted octanol–water partition coefficient (Wildman–Crippen LogP) is 7.14. The second-order valence-electron chi connectivity index (χ2n) is 8.91. The van der Waals surface area contributed by atoms with Crippen LogP contribution in [0.1, 0.15) is 22.1 Å². The molecule has 2 atom stereocenters. The van der Waals surface area contributed by atoms with Gasteiger partial charge in [0.1, 0.15) is 10.9 Å². The first-order chi connectivity index (χ1) is 18.3. The molecule has 1 fully saturated rings. The average Bonchev–Trinajstić information content (AvgIpc) is 3.24. The van der Waals surface area contributed by atoms with Crippen molar-refractivity contribution >= 4 is 61.2 Å². The molecule has 1 saturated carbocycles. The molecule has 10 heteroatoms. The SMILES string of the molecule is COC(=O)C1CC1c1ccc(-c2c(-c3ccsc3C#N)c3ccccc3n2S(=O)(=O)c2ccc(Cl)cc2)s1. The maximum atomic E-state index is 14.2. The van der Waals surface area contributed by atoms with E-state index < -0.39 is 10.0 Å². The molecule has 0 amide bonds. The van der Waals surface area contributed by atoms with Gasteiger partial charge in [0, 0.05) is 32.3 Å². The van der Waals surface area contributed by atoms with Crippen LogP contribution in [0.3, 0.4) is 0 Å². The van der Waals surface area contributed by atoms with Gasteiger partial charge in [0.15, 0.2) is 0 Å². The maximum absolute atomic E-state index is 14.2. The monoisotopic (exact) mass is 578 g/mol. The lowest BCUT2D eigenvalue weighted by atomic mass is 10.0. The Hall–Kier alpha value is -3.42. The van der Waals surface area contributed by atoms with Gasteiger partial charge in [0.05, 0.1) is 34.0 Å². The molecule has 38 heavy (non-hydrogen) atoms. The van der Waals surface area contributed by atoms with E-state index in [1.807, 2.05) is 35.7 Å². The first-order valence-electron chi connectivity index (χ1n) is 11.7. The second-order valence-corrected chi connectivity index (χ2v) is 13.2. The Bertz CT molecular complexity index is 1860. The number of nitrogens with zero attached hydrogens (tertiary/aromatic N) is 2. The summed E-state index contributed by atoms with van der Waals surface area (Å²) in [7, 11) is -2.68. The summed E-state index contributed by atoms with van der Waals surface area (Å²) in [6.45, 7) is 0. The van der Waals surface area contributed by atoms with Crippen molar-refractivity contribution in [2.24, 2.45) is 5.92 Å². The van der Waals surface area contributed by atoms with Gasteiger partial charge >= 0.3 is 5.97 Å². The van der Waals surface area contributed by atoms with Crippen molar-refractivity contribution in [1.29, 1.82) is 5.26 Å². The first-order valence-corrected chi connectivity index (χ1v) is 15.2. The normalized spacial score (nSPS) is 16.9. The van der Waals surface area contributed by atoms with Crippen molar-refractivity contribution in [3.05, 3.63) is 86.9 Å². The lowest BCUT2D eigenvalue weighted by Crippen LogP contribution is -2.14. The fourth-order valence-electron chi connectivity index (χ4n) is 4.86. The highest BCUT2D eigenvalue weighted by Gasteiger charge is 2.46. The van der Waals surface area contributed by atoms with Gasteiger partial charge in [-0.25, -0.2) is 12.4 Å². The molecule has 5 aromatic rings. The minimum absolute atomic E-state index is 0.0474. The Kier molecular flexibility index (Phi) is 6.16. The summed E-state index contributed by atoms with van der Waals surface area (Å²) in [4.78, 5) is 14.4. The number of carbonyl (C=O) groups is 1. The smallest absolute Gasteiger partial charge is 0.309 e. The van der Waals surface area contributed by atoms with Crippen LogP contribution in [0.4, 0.5) is 0 Å². The molecule has 0 spiro atoms.